The highest BCUT2D eigenvalue weighted by Gasteiger charge is 2.16. The maximum absolute atomic E-state index is 13.9. The number of nitrogens with one attached hydrogen (secondary N) is 1. The lowest BCUT2D eigenvalue weighted by Gasteiger charge is -2.07. The molecule has 0 bridgehead atoms. The van der Waals surface area contributed by atoms with E-state index in [0.29, 0.717) is 17.5 Å². The van der Waals surface area contributed by atoms with E-state index in [2.05, 4.69) is 15.1 Å². The molecule has 21 heavy (non-hydrogen) atoms. The van der Waals surface area contributed by atoms with Crippen molar-refractivity contribution in [3.05, 3.63) is 51.4 Å². The van der Waals surface area contributed by atoms with Crippen LogP contribution in [0.25, 0.3) is 0 Å². The van der Waals surface area contributed by atoms with E-state index in [1.807, 2.05) is 0 Å². The van der Waals surface area contributed by atoms with Crippen molar-refractivity contribution in [1.29, 1.82) is 0 Å². The van der Waals surface area contributed by atoms with E-state index in [0.717, 1.165) is 12.1 Å². The number of nitrogens with zero attached hydrogens (tertiary/aromatic N) is 2. The van der Waals surface area contributed by atoms with Gasteiger partial charge in [-0.15, -0.1) is 0 Å². The van der Waals surface area contributed by atoms with Crippen LogP contribution in [0, 0.1) is 18.6 Å². The van der Waals surface area contributed by atoms with Crippen LogP contribution >= 0.6 is 11.8 Å². The lowest BCUT2D eigenvalue weighted by Crippen LogP contribution is -2.14. The number of benzene rings is 1. The molecule has 0 aliphatic heterocycles. The third-order valence-electron chi connectivity index (χ3n) is 2.45. The molecule has 0 atom stereocenters. The van der Waals surface area contributed by atoms with E-state index in [9.17, 15) is 13.6 Å². The Balaban J connectivity index is 2.43. The lowest BCUT2D eigenvalue weighted by molar-refractivity contribution is 0.318. The van der Waals surface area contributed by atoms with Crippen LogP contribution in [-0.4, -0.2) is 21.0 Å². The maximum atomic E-state index is 13.9. The summed E-state index contributed by atoms with van der Waals surface area (Å²) in [5.41, 5.74) is 5.19. The summed E-state index contributed by atoms with van der Waals surface area (Å²) in [6.07, 6.45) is 0. The summed E-state index contributed by atoms with van der Waals surface area (Å²) in [6, 6.07) is 3.11. The van der Waals surface area contributed by atoms with Crippen molar-refractivity contribution in [1.82, 2.24) is 9.97 Å². The van der Waals surface area contributed by atoms with E-state index in [-0.39, 0.29) is 15.6 Å². The van der Waals surface area contributed by atoms with Gasteiger partial charge in [0.05, 0.1) is 4.90 Å². The van der Waals surface area contributed by atoms with Crippen LogP contribution in [0.3, 0.4) is 0 Å². The van der Waals surface area contributed by atoms with Crippen molar-refractivity contribution in [2.75, 3.05) is 0 Å². The molecule has 0 amide bonds. The Hall–Kier alpha value is -2.42. The zero-order chi connectivity index (χ0) is 15.6. The molecule has 2 aromatic rings. The molecule has 0 unspecified atom stereocenters. The number of hydrogen-bond donors (Lipinski definition) is 3. The van der Waals surface area contributed by atoms with Crippen molar-refractivity contribution in [2.45, 2.75) is 17.0 Å². The Morgan fingerprint density at radius 1 is 1.38 bits per heavy atom. The second-order valence-corrected chi connectivity index (χ2v) is 5.05. The standard InChI is InChI=1S/C12H10F2N4O2S/c1-5-2-9(19)17-12(16-5)21-10-7(13)3-6(4-8(10)14)11(15)18-20/h2-4,20H,1H3,(H2,15,18)(H,16,17,19). The van der Waals surface area contributed by atoms with Crippen LogP contribution < -0.4 is 11.3 Å². The number of nitrogens with two attached hydrogens (primary N) is 1. The van der Waals surface area contributed by atoms with Crippen LogP contribution in [0.1, 0.15) is 11.3 Å². The number of amidine groups is 1. The largest absolute Gasteiger partial charge is 0.409 e. The molecule has 1 aromatic heterocycles. The molecule has 2 rings (SSSR count). The molecule has 0 radical (unpaired) electrons. The summed E-state index contributed by atoms with van der Waals surface area (Å²) in [4.78, 5) is 17.3. The Kier molecular flexibility index (Phi) is 4.22. The second-order valence-electron chi connectivity index (χ2n) is 4.05. The molecule has 1 heterocycles. The fraction of sp³-hybridized carbons (Fsp3) is 0.0833. The van der Waals surface area contributed by atoms with Crippen LogP contribution in [0.5, 0.6) is 0 Å². The number of halogens is 2. The average Bonchev–Trinajstić information content (AvgIpc) is 2.40. The normalized spacial score (nSPS) is 11.7. The fourth-order valence-corrected chi connectivity index (χ4v) is 2.41. The zero-order valence-corrected chi connectivity index (χ0v) is 11.5. The molecule has 0 aliphatic rings. The van der Waals surface area contributed by atoms with Gasteiger partial charge in [0.25, 0.3) is 5.56 Å². The molecule has 4 N–H and O–H groups in total. The average molecular weight is 312 g/mol. The quantitative estimate of drug-likeness (QED) is 0.262. The SMILES string of the molecule is Cc1cc(=O)[nH]c(Sc2c(F)cc(C(N)=NO)cc2F)n1. The summed E-state index contributed by atoms with van der Waals surface area (Å²) < 4.78 is 27.8. The molecular weight excluding hydrogens is 302 g/mol. The van der Waals surface area contributed by atoms with Crippen LogP contribution in [-0.2, 0) is 0 Å². The van der Waals surface area contributed by atoms with E-state index >= 15 is 0 Å². The summed E-state index contributed by atoms with van der Waals surface area (Å²) in [7, 11) is 0. The van der Waals surface area contributed by atoms with Crippen molar-refractivity contribution in [2.24, 2.45) is 10.9 Å². The Morgan fingerprint density at radius 3 is 2.52 bits per heavy atom. The van der Waals surface area contributed by atoms with Gasteiger partial charge >= 0.3 is 0 Å². The Morgan fingerprint density at radius 2 is 2.00 bits per heavy atom. The number of oxime groups is 1. The third kappa shape index (κ3) is 3.37. The Bertz CT molecular complexity index is 753. The molecule has 0 aliphatic carbocycles. The summed E-state index contributed by atoms with van der Waals surface area (Å²) in [5, 5.41) is 11.2. The smallest absolute Gasteiger partial charge is 0.251 e. The Labute approximate surface area is 121 Å². The van der Waals surface area contributed by atoms with Crippen LogP contribution in [0.2, 0.25) is 0 Å². The van der Waals surface area contributed by atoms with Crippen LogP contribution in [0.15, 0.2) is 38.2 Å². The van der Waals surface area contributed by atoms with Crippen molar-refractivity contribution >= 4 is 17.6 Å². The fourth-order valence-electron chi connectivity index (χ4n) is 1.56. The van der Waals surface area contributed by atoms with E-state index in [4.69, 9.17) is 10.9 Å². The number of aryl methyl sites for hydroxylation is 1. The van der Waals surface area contributed by atoms with Gasteiger partial charge in [0, 0.05) is 17.3 Å². The lowest BCUT2D eigenvalue weighted by atomic mass is 10.2. The van der Waals surface area contributed by atoms with E-state index in [1.165, 1.54) is 6.07 Å². The predicted molar refractivity (Wildman–Crippen MR) is 72.6 cm³/mol. The molecule has 0 spiro atoms. The van der Waals surface area contributed by atoms with E-state index < -0.39 is 23.0 Å². The predicted octanol–water partition coefficient (Wildman–Crippen LogP) is 1.60. The molecule has 6 nitrogen and oxygen atoms in total. The van der Waals surface area contributed by atoms with E-state index in [1.54, 1.807) is 6.92 Å². The first-order valence-electron chi connectivity index (χ1n) is 5.63. The molecule has 0 saturated carbocycles. The summed E-state index contributed by atoms with van der Waals surface area (Å²) in [6.45, 7) is 1.59. The van der Waals surface area contributed by atoms with Crippen LogP contribution in [0.4, 0.5) is 8.78 Å². The van der Waals surface area contributed by atoms with Crippen molar-refractivity contribution in [3.8, 4) is 0 Å². The monoisotopic (exact) mass is 312 g/mol. The molecule has 0 saturated heterocycles. The number of aromatic amines is 1. The number of H-pyrrole nitrogens is 1. The van der Waals surface area contributed by atoms with Gasteiger partial charge in [0.1, 0.15) is 11.6 Å². The number of aromatic nitrogens is 2. The second kappa shape index (κ2) is 5.92. The zero-order valence-electron chi connectivity index (χ0n) is 10.7. The third-order valence-corrected chi connectivity index (χ3v) is 3.43. The topological polar surface area (TPSA) is 104 Å². The highest BCUT2D eigenvalue weighted by atomic mass is 32.2. The maximum Gasteiger partial charge on any atom is 0.251 e. The van der Waals surface area contributed by atoms with Gasteiger partial charge in [0.15, 0.2) is 11.0 Å². The summed E-state index contributed by atoms with van der Waals surface area (Å²) in [5.74, 6) is -2.23. The summed E-state index contributed by atoms with van der Waals surface area (Å²) >= 11 is 0.637. The minimum absolute atomic E-state index is 0.0642. The van der Waals surface area contributed by atoms with Gasteiger partial charge in [-0.2, -0.15) is 0 Å². The van der Waals surface area contributed by atoms with Gasteiger partial charge in [-0.1, -0.05) is 5.16 Å². The molecule has 9 heteroatoms. The molecule has 0 fully saturated rings. The minimum Gasteiger partial charge on any atom is -0.409 e. The molecular formula is C12H10F2N4O2S. The highest BCUT2D eigenvalue weighted by Crippen LogP contribution is 2.30. The van der Waals surface area contributed by atoms with Crippen molar-refractivity contribution in [3.63, 3.8) is 0 Å². The van der Waals surface area contributed by atoms with Gasteiger partial charge in [-0.05, 0) is 30.8 Å². The van der Waals surface area contributed by atoms with Crippen molar-refractivity contribution < 1.29 is 14.0 Å². The highest BCUT2D eigenvalue weighted by molar-refractivity contribution is 7.99. The first-order valence-corrected chi connectivity index (χ1v) is 6.45. The first kappa shape index (κ1) is 15.0. The number of rotatable bonds is 3. The van der Waals surface area contributed by atoms with Gasteiger partial charge < -0.3 is 15.9 Å². The van der Waals surface area contributed by atoms with Gasteiger partial charge in [-0.3, -0.25) is 4.79 Å². The van der Waals surface area contributed by atoms with Gasteiger partial charge in [0.2, 0.25) is 0 Å². The number of hydrogen-bond acceptors (Lipinski definition) is 5. The first-order chi connectivity index (χ1) is 9.90. The molecule has 110 valence electrons. The van der Waals surface area contributed by atoms with Gasteiger partial charge in [-0.25, -0.2) is 13.8 Å². The molecule has 1 aromatic carbocycles. The minimum atomic E-state index is -0.911.